The van der Waals surface area contributed by atoms with Crippen molar-refractivity contribution in [3.8, 4) is 0 Å². The summed E-state index contributed by atoms with van der Waals surface area (Å²) in [6.45, 7) is 1.79. The van der Waals surface area contributed by atoms with E-state index < -0.39 is 17.5 Å². The molecule has 2 aromatic rings. The zero-order valence-corrected chi connectivity index (χ0v) is 9.87. The molecule has 0 fully saturated rings. The lowest BCUT2D eigenvalue weighted by atomic mass is 10.2. The highest BCUT2D eigenvalue weighted by Crippen LogP contribution is 2.16. The zero-order chi connectivity index (χ0) is 13.3. The molecular formula is C12H11F2N3O. The average Bonchev–Trinajstić information content (AvgIpc) is 2.63. The lowest BCUT2D eigenvalue weighted by Gasteiger charge is -2.04. The van der Waals surface area contributed by atoms with Crippen molar-refractivity contribution in [1.82, 2.24) is 9.78 Å². The van der Waals surface area contributed by atoms with Crippen LogP contribution >= 0.6 is 0 Å². The second-order valence-corrected chi connectivity index (χ2v) is 3.87. The van der Waals surface area contributed by atoms with Gasteiger partial charge in [-0.05, 0) is 25.1 Å². The molecular weight excluding hydrogens is 240 g/mol. The van der Waals surface area contributed by atoms with Gasteiger partial charge in [-0.2, -0.15) is 5.10 Å². The summed E-state index contributed by atoms with van der Waals surface area (Å²) in [7, 11) is 1.70. The van der Waals surface area contributed by atoms with E-state index in [1.165, 1.54) is 10.7 Å². The van der Waals surface area contributed by atoms with Crippen LogP contribution in [0, 0.1) is 18.6 Å². The van der Waals surface area contributed by atoms with Gasteiger partial charge in [0.25, 0.3) is 5.91 Å². The predicted octanol–water partition coefficient (Wildman–Crippen LogP) is 2.26. The molecule has 1 amide bonds. The number of aryl methyl sites for hydroxylation is 2. The number of anilines is 1. The Morgan fingerprint density at radius 2 is 2.06 bits per heavy atom. The van der Waals surface area contributed by atoms with Gasteiger partial charge in [-0.1, -0.05) is 0 Å². The number of carbonyl (C=O) groups is 1. The molecule has 0 aliphatic heterocycles. The molecule has 18 heavy (non-hydrogen) atoms. The van der Waals surface area contributed by atoms with Gasteiger partial charge in [-0.3, -0.25) is 9.48 Å². The fraction of sp³-hybridized carbons (Fsp3) is 0.167. The molecule has 2 rings (SSSR count). The van der Waals surface area contributed by atoms with E-state index in [9.17, 15) is 13.6 Å². The summed E-state index contributed by atoms with van der Waals surface area (Å²) in [4.78, 5) is 11.8. The van der Waals surface area contributed by atoms with Crippen molar-refractivity contribution in [3.05, 3.63) is 47.3 Å². The van der Waals surface area contributed by atoms with Crippen LogP contribution in [0.4, 0.5) is 14.5 Å². The highest BCUT2D eigenvalue weighted by atomic mass is 19.1. The second-order valence-electron chi connectivity index (χ2n) is 3.87. The molecule has 0 unspecified atom stereocenters. The molecule has 1 N–H and O–H groups in total. The number of aromatic nitrogens is 2. The van der Waals surface area contributed by atoms with Crippen molar-refractivity contribution < 1.29 is 13.6 Å². The van der Waals surface area contributed by atoms with Crippen LogP contribution in [0.25, 0.3) is 0 Å². The van der Waals surface area contributed by atoms with Gasteiger partial charge in [0, 0.05) is 18.8 Å². The molecule has 0 aliphatic rings. The van der Waals surface area contributed by atoms with E-state index in [2.05, 4.69) is 10.4 Å². The maximum absolute atomic E-state index is 13.3. The Kier molecular flexibility index (Phi) is 3.10. The van der Waals surface area contributed by atoms with Crippen LogP contribution in [-0.2, 0) is 7.05 Å². The number of rotatable bonds is 2. The smallest absolute Gasteiger partial charge is 0.276 e. The first-order valence-corrected chi connectivity index (χ1v) is 5.24. The van der Waals surface area contributed by atoms with Gasteiger partial charge in [0.1, 0.15) is 11.6 Å². The number of carbonyl (C=O) groups excluding carboxylic acids is 1. The summed E-state index contributed by atoms with van der Waals surface area (Å²) in [6.07, 6.45) is 0. The molecule has 0 aliphatic carbocycles. The minimum atomic E-state index is -0.823. The van der Waals surface area contributed by atoms with Gasteiger partial charge < -0.3 is 5.32 Å². The Bertz CT molecular complexity index is 588. The quantitative estimate of drug-likeness (QED) is 0.889. The fourth-order valence-corrected chi connectivity index (χ4v) is 1.45. The third kappa shape index (κ3) is 2.37. The molecule has 1 heterocycles. The molecule has 0 saturated carbocycles. The molecule has 0 atom stereocenters. The first-order valence-electron chi connectivity index (χ1n) is 5.24. The maximum Gasteiger partial charge on any atom is 0.276 e. The van der Waals surface area contributed by atoms with Crippen molar-refractivity contribution in [3.63, 3.8) is 0 Å². The normalized spacial score (nSPS) is 10.4. The Morgan fingerprint density at radius 1 is 1.33 bits per heavy atom. The topological polar surface area (TPSA) is 46.9 Å². The standard InChI is InChI=1S/C12H11F2N3O/c1-7-5-11(16-17(7)2)12(18)15-10-4-3-8(13)6-9(10)14/h3-6H,1-2H3,(H,15,18). The SMILES string of the molecule is Cc1cc(C(=O)Nc2ccc(F)cc2F)nn1C. The van der Waals surface area contributed by atoms with Crippen molar-refractivity contribution in [1.29, 1.82) is 0 Å². The largest absolute Gasteiger partial charge is 0.318 e. The summed E-state index contributed by atoms with van der Waals surface area (Å²) >= 11 is 0. The summed E-state index contributed by atoms with van der Waals surface area (Å²) in [6, 6.07) is 4.52. The molecule has 0 spiro atoms. The van der Waals surface area contributed by atoms with Gasteiger partial charge in [-0.25, -0.2) is 8.78 Å². The average molecular weight is 251 g/mol. The highest BCUT2D eigenvalue weighted by molar-refractivity contribution is 6.02. The van der Waals surface area contributed by atoms with Crippen molar-refractivity contribution >= 4 is 11.6 Å². The number of benzene rings is 1. The molecule has 6 heteroatoms. The molecule has 1 aromatic carbocycles. The van der Waals surface area contributed by atoms with Crippen LogP contribution in [-0.4, -0.2) is 15.7 Å². The van der Waals surface area contributed by atoms with Crippen LogP contribution in [0.1, 0.15) is 16.2 Å². The predicted molar refractivity (Wildman–Crippen MR) is 62.3 cm³/mol. The molecule has 0 radical (unpaired) electrons. The minimum absolute atomic E-state index is 0.0790. The Balaban J connectivity index is 2.21. The number of halogens is 2. The van der Waals surface area contributed by atoms with E-state index >= 15 is 0 Å². The van der Waals surface area contributed by atoms with Gasteiger partial charge in [-0.15, -0.1) is 0 Å². The highest BCUT2D eigenvalue weighted by Gasteiger charge is 2.13. The van der Waals surface area contributed by atoms with Gasteiger partial charge >= 0.3 is 0 Å². The molecule has 1 aromatic heterocycles. The summed E-state index contributed by atoms with van der Waals surface area (Å²) in [5, 5.41) is 6.30. The van der Waals surface area contributed by atoms with Gasteiger partial charge in [0.15, 0.2) is 5.69 Å². The number of nitrogens with zero attached hydrogens (tertiary/aromatic N) is 2. The summed E-state index contributed by atoms with van der Waals surface area (Å²) in [5.41, 5.74) is 0.906. The monoisotopic (exact) mass is 251 g/mol. The number of hydrogen-bond donors (Lipinski definition) is 1. The van der Waals surface area contributed by atoms with Crippen molar-refractivity contribution in [2.45, 2.75) is 6.92 Å². The van der Waals surface area contributed by atoms with Crippen LogP contribution < -0.4 is 5.32 Å². The van der Waals surface area contributed by atoms with Crippen molar-refractivity contribution in [2.24, 2.45) is 7.05 Å². The maximum atomic E-state index is 13.3. The number of amides is 1. The summed E-state index contributed by atoms with van der Waals surface area (Å²) in [5.74, 6) is -2.06. The second kappa shape index (κ2) is 4.56. The molecule has 0 bridgehead atoms. The molecule has 0 saturated heterocycles. The van der Waals surface area contributed by atoms with Gasteiger partial charge in [0.2, 0.25) is 0 Å². The van der Waals surface area contributed by atoms with E-state index in [0.29, 0.717) is 6.07 Å². The Morgan fingerprint density at radius 3 is 2.61 bits per heavy atom. The van der Waals surface area contributed by atoms with Crippen LogP contribution in [0.15, 0.2) is 24.3 Å². The lowest BCUT2D eigenvalue weighted by Crippen LogP contribution is -2.14. The van der Waals surface area contributed by atoms with E-state index in [-0.39, 0.29) is 11.4 Å². The van der Waals surface area contributed by atoms with Crippen LogP contribution in [0.2, 0.25) is 0 Å². The van der Waals surface area contributed by atoms with Crippen molar-refractivity contribution in [2.75, 3.05) is 5.32 Å². The van der Waals surface area contributed by atoms with E-state index in [1.807, 2.05) is 0 Å². The fourth-order valence-electron chi connectivity index (χ4n) is 1.45. The number of hydrogen-bond acceptors (Lipinski definition) is 2. The minimum Gasteiger partial charge on any atom is -0.318 e. The first kappa shape index (κ1) is 12.2. The third-order valence-corrected chi connectivity index (χ3v) is 2.53. The Hall–Kier alpha value is -2.24. The first-order chi connectivity index (χ1) is 8.47. The third-order valence-electron chi connectivity index (χ3n) is 2.53. The Labute approximate surface area is 102 Å². The van der Waals surface area contributed by atoms with Gasteiger partial charge in [0.05, 0.1) is 5.69 Å². The van der Waals surface area contributed by atoms with E-state index in [4.69, 9.17) is 0 Å². The molecule has 4 nitrogen and oxygen atoms in total. The van der Waals surface area contributed by atoms with E-state index in [0.717, 1.165) is 11.8 Å². The number of nitrogens with one attached hydrogen (secondary N) is 1. The van der Waals surface area contributed by atoms with Crippen LogP contribution in [0.5, 0.6) is 0 Å². The lowest BCUT2D eigenvalue weighted by molar-refractivity contribution is 0.102. The molecule has 94 valence electrons. The van der Waals surface area contributed by atoms with Crippen LogP contribution in [0.3, 0.4) is 0 Å². The zero-order valence-electron chi connectivity index (χ0n) is 9.87. The summed E-state index contributed by atoms with van der Waals surface area (Å²) < 4.78 is 27.6. The van der Waals surface area contributed by atoms with E-state index in [1.54, 1.807) is 20.0 Å².